The zero-order valence-electron chi connectivity index (χ0n) is 16.1. The molecule has 10 heteroatoms. The van der Waals surface area contributed by atoms with Gasteiger partial charge in [0.15, 0.2) is 5.82 Å². The summed E-state index contributed by atoms with van der Waals surface area (Å²) in [6.07, 6.45) is 3.82. The number of nitrogens with one attached hydrogen (secondary N) is 1. The van der Waals surface area contributed by atoms with Crippen LogP contribution in [-0.4, -0.2) is 39.0 Å². The fourth-order valence-corrected chi connectivity index (χ4v) is 5.93. The molecule has 1 aliphatic heterocycles. The number of anilines is 1. The number of pyridine rings is 1. The number of benzene rings is 1. The standard InChI is InChI=1S/C19H21BrN6O2S/c1-13-14-5-3-6-16(20)15(14)8-10-26(13)29(27,28)17-7-4-9-21-19(17)22-11-18-23-12-25(2)24-18/h3-7,9,12-13H,8,10-11H2,1-2H3,(H,21,22). The van der Waals surface area contributed by atoms with Crippen molar-refractivity contribution in [2.24, 2.45) is 7.05 Å². The summed E-state index contributed by atoms with van der Waals surface area (Å²) in [4.78, 5) is 8.57. The molecule has 1 aliphatic rings. The van der Waals surface area contributed by atoms with Crippen molar-refractivity contribution >= 4 is 31.8 Å². The third kappa shape index (κ3) is 3.79. The average molecular weight is 477 g/mol. The summed E-state index contributed by atoms with van der Waals surface area (Å²) < 4.78 is 31.2. The Morgan fingerprint density at radius 1 is 1.24 bits per heavy atom. The molecular weight excluding hydrogens is 456 g/mol. The maximum Gasteiger partial charge on any atom is 0.247 e. The summed E-state index contributed by atoms with van der Waals surface area (Å²) in [5.74, 6) is 0.860. The topological polar surface area (TPSA) is 93.0 Å². The molecule has 4 rings (SSSR count). The molecule has 3 aromatic rings. The minimum atomic E-state index is -3.75. The van der Waals surface area contributed by atoms with Crippen LogP contribution in [0.4, 0.5) is 5.82 Å². The van der Waals surface area contributed by atoms with Crippen LogP contribution in [0.2, 0.25) is 0 Å². The molecule has 2 aromatic heterocycles. The Kier molecular flexibility index (Phi) is 5.41. The van der Waals surface area contributed by atoms with E-state index in [2.05, 4.69) is 36.3 Å². The third-order valence-corrected chi connectivity index (χ3v) is 7.78. The van der Waals surface area contributed by atoms with Gasteiger partial charge in [-0.15, -0.1) is 0 Å². The number of rotatable bonds is 5. The molecule has 3 heterocycles. The van der Waals surface area contributed by atoms with Gasteiger partial charge in [0.25, 0.3) is 0 Å². The van der Waals surface area contributed by atoms with Crippen LogP contribution in [-0.2, 0) is 30.0 Å². The predicted octanol–water partition coefficient (Wildman–Crippen LogP) is 2.89. The minimum absolute atomic E-state index is 0.154. The van der Waals surface area contributed by atoms with E-state index in [0.717, 1.165) is 15.6 Å². The van der Waals surface area contributed by atoms with Crippen LogP contribution in [0.15, 0.2) is 52.2 Å². The molecule has 0 amide bonds. The van der Waals surface area contributed by atoms with Crippen molar-refractivity contribution in [3.63, 3.8) is 0 Å². The van der Waals surface area contributed by atoms with Crippen molar-refractivity contribution in [1.29, 1.82) is 0 Å². The van der Waals surface area contributed by atoms with Crippen LogP contribution in [0.3, 0.4) is 0 Å². The fourth-order valence-electron chi connectivity index (χ4n) is 3.62. The third-order valence-electron chi connectivity index (χ3n) is 5.04. The number of fused-ring (bicyclic) bond motifs is 1. The first-order valence-electron chi connectivity index (χ1n) is 9.20. The van der Waals surface area contributed by atoms with Crippen LogP contribution in [0.5, 0.6) is 0 Å². The van der Waals surface area contributed by atoms with Crippen molar-refractivity contribution in [2.45, 2.75) is 30.8 Å². The van der Waals surface area contributed by atoms with Gasteiger partial charge in [0.05, 0.1) is 6.54 Å². The predicted molar refractivity (Wildman–Crippen MR) is 113 cm³/mol. The molecule has 152 valence electrons. The van der Waals surface area contributed by atoms with Crippen molar-refractivity contribution in [1.82, 2.24) is 24.1 Å². The zero-order valence-corrected chi connectivity index (χ0v) is 18.5. The first kappa shape index (κ1) is 20.0. The number of aryl methyl sites for hydroxylation is 1. The SMILES string of the molecule is CC1c2cccc(Br)c2CCN1S(=O)(=O)c1cccnc1NCc1ncn(C)n1. The largest absolute Gasteiger partial charge is 0.362 e. The maximum atomic E-state index is 13.5. The second-order valence-electron chi connectivity index (χ2n) is 6.89. The first-order chi connectivity index (χ1) is 13.9. The second-order valence-corrected chi connectivity index (χ2v) is 9.60. The Morgan fingerprint density at radius 2 is 2.07 bits per heavy atom. The van der Waals surface area contributed by atoms with Crippen LogP contribution < -0.4 is 5.32 Å². The minimum Gasteiger partial charge on any atom is -0.362 e. The molecule has 0 saturated heterocycles. The van der Waals surface area contributed by atoms with E-state index in [9.17, 15) is 8.42 Å². The van der Waals surface area contributed by atoms with E-state index in [1.165, 1.54) is 0 Å². The molecule has 0 fully saturated rings. The van der Waals surface area contributed by atoms with Gasteiger partial charge in [-0.25, -0.2) is 18.4 Å². The molecular formula is C19H21BrN6O2S. The maximum absolute atomic E-state index is 13.5. The second kappa shape index (κ2) is 7.85. The van der Waals surface area contributed by atoms with Crippen LogP contribution >= 0.6 is 15.9 Å². The number of halogens is 1. The molecule has 0 bridgehead atoms. The normalized spacial score (nSPS) is 17.1. The molecule has 0 spiro atoms. The monoisotopic (exact) mass is 476 g/mol. The van der Waals surface area contributed by atoms with Crippen molar-refractivity contribution in [3.8, 4) is 0 Å². The van der Waals surface area contributed by atoms with E-state index in [1.807, 2.05) is 25.1 Å². The average Bonchev–Trinajstić information content (AvgIpc) is 3.12. The molecule has 29 heavy (non-hydrogen) atoms. The summed E-state index contributed by atoms with van der Waals surface area (Å²) in [5, 5.41) is 7.27. The molecule has 1 N–H and O–H groups in total. The highest BCUT2D eigenvalue weighted by molar-refractivity contribution is 9.10. The van der Waals surface area contributed by atoms with E-state index >= 15 is 0 Å². The van der Waals surface area contributed by atoms with Crippen LogP contribution in [0, 0.1) is 0 Å². The summed E-state index contributed by atoms with van der Waals surface area (Å²) in [6, 6.07) is 8.86. The van der Waals surface area contributed by atoms with E-state index < -0.39 is 10.0 Å². The van der Waals surface area contributed by atoms with Gasteiger partial charge in [-0.1, -0.05) is 28.1 Å². The van der Waals surface area contributed by atoms with Gasteiger partial charge >= 0.3 is 0 Å². The lowest BCUT2D eigenvalue weighted by Gasteiger charge is -2.35. The Balaban J connectivity index is 1.64. The van der Waals surface area contributed by atoms with E-state index in [4.69, 9.17) is 0 Å². The summed E-state index contributed by atoms with van der Waals surface area (Å²) in [7, 11) is -1.97. The lowest BCUT2D eigenvalue weighted by molar-refractivity contribution is 0.326. The van der Waals surface area contributed by atoms with Crippen LogP contribution in [0.25, 0.3) is 0 Å². The highest BCUT2D eigenvalue weighted by atomic mass is 79.9. The molecule has 0 saturated carbocycles. The first-order valence-corrected chi connectivity index (χ1v) is 11.4. The van der Waals surface area contributed by atoms with Crippen LogP contribution in [0.1, 0.15) is 29.9 Å². The number of sulfonamides is 1. The smallest absolute Gasteiger partial charge is 0.247 e. The Morgan fingerprint density at radius 3 is 2.83 bits per heavy atom. The number of aromatic nitrogens is 4. The molecule has 8 nitrogen and oxygen atoms in total. The summed E-state index contributed by atoms with van der Waals surface area (Å²) >= 11 is 3.58. The van der Waals surface area contributed by atoms with E-state index in [-0.39, 0.29) is 17.5 Å². The quantitative estimate of drug-likeness (QED) is 0.608. The van der Waals surface area contributed by atoms with Crippen molar-refractivity contribution in [3.05, 3.63) is 64.3 Å². The van der Waals surface area contributed by atoms with Gasteiger partial charge in [0.1, 0.15) is 17.0 Å². The molecule has 0 aliphatic carbocycles. The molecule has 1 atom stereocenters. The molecule has 1 aromatic carbocycles. The van der Waals surface area contributed by atoms with Crippen molar-refractivity contribution in [2.75, 3.05) is 11.9 Å². The lowest BCUT2D eigenvalue weighted by atomic mass is 9.95. The van der Waals surface area contributed by atoms with Gasteiger partial charge in [-0.3, -0.25) is 4.68 Å². The van der Waals surface area contributed by atoms with Crippen molar-refractivity contribution < 1.29 is 8.42 Å². The van der Waals surface area contributed by atoms with Gasteiger partial charge in [-0.2, -0.15) is 9.40 Å². The highest BCUT2D eigenvalue weighted by Crippen LogP contribution is 2.37. The van der Waals surface area contributed by atoms with Gasteiger partial charge in [0.2, 0.25) is 10.0 Å². The summed E-state index contributed by atoms with van der Waals surface area (Å²) in [5.41, 5.74) is 2.18. The molecule has 1 unspecified atom stereocenters. The Bertz CT molecular complexity index is 1150. The van der Waals surface area contributed by atoms with Gasteiger partial charge < -0.3 is 5.32 Å². The van der Waals surface area contributed by atoms with Gasteiger partial charge in [0, 0.05) is 30.3 Å². The lowest BCUT2D eigenvalue weighted by Crippen LogP contribution is -2.39. The van der Waals surface area contributed by atoms with E-state index in [0.29, 0.717) is 24.6 Å². The number of hydrogen-bond acceptors (Lipinski definition) is 6. The molecule has 0 radical (unpaired) electrons. The van der Waals surface area contributed by atoms with Gasteiger partial charge in [-0.05, 0) is 42.7 Å². The zero-order chi connectivity index (χ0) is 20.6. The van der Waals surface area contributed by atoms with E-state index in [1.54, 1.807) is 40.7 Å². The number of hydrogen-bond donors (Lipinski definition) is 1. The summed E-state index contributed by atoms with van der Waals surface area (Å²) in [6.45, 7) is 2.62. The Labute approximate surface area is 178 Å². The Hall–Kier alpha value is -2.30. The number of nitrogens with zero attached hydrogens (tertiary/aromatic N) is 5. The highest BCUT2D eigenvalue weighted by Gasteiger charge is 2.36. The fraction of sp³-hybridized carbons (Fsp3) is 0.316.